The van der Waals surface area contributed by atoms with Gasteiger partial charge < -0.3 is 5.11 Å². The summed E-state index contributed by atoms with van der Waals surface area (Å²) < 4.78 is 0. The lowest BCUT2D eigenvalue weighted by atomic mass is 10.1. The molecular weight excluding hydrogens is 124 g/mol. The minimum Gasteiger partial charge on any atom is -0.508 e. The highest BCUT2D eigenvalue weighted by Crippen LogP contribution is 2.10. The van der Waals surface area contributed by atoms with Gasteiger partial charge in [-0.05, 0) is 17.7 Å². The molecule has 0 aliphatic heterocycles. The zero-order valence-corrected chi connectivity index (χ0v) is 5.54. The summed E-state index contributed by atoms with van der Waals surface area (Å²) in [6.07, 6.45) is 5.66. The van der Waals surface area contributed by atoms with E-state index in [9.17, 15) is 0 Å². The Hall–Kier alpha value is -1.42. The van der Waals surface area contributed by atoms with E-state index < -0.39 is 0 Å². The Labute approximate surface area is 60.3 Å². The number of phenols is 1. The third-order valence-electron chi connectivity index (χ3n) is 1.22. The van der Waals surface area contributed by atoms with Gasteiger partial charge in [-0.2, -0.15) is 0 Å². The molecule has 0 aliphatic rings. The molecule has 0 atom stereocenters. The van der Waals surface area contributed by atoms with Crippen LogP contribution in [0.15, 0.2) is 24.3 Å². The molecule has 0 saturated heterocycles. The van der Waals surface area contributed by atoms with Crippen LogP contribution in [-0.4, -0.2) is 5.11 Å². The van der Waals surface area contributed by atoms with E-state index in [1.165, 1.54) is 0 Å². The highest BCUT2D eigenvalue weighted by atomic mass is 16.3. The molecule has 1 N–H and O–H groups in total. The Balaban J connectivity index is 2.87. The van der Waals surface area contributed by atoms with E-state index in [0.29, 0.717) is 6.42 Å². The van der Waals surface area contributed by atoms with Gasteiger partial charge in [-0.15, -0.1) is 12.3 Å². The van der Waals surface area contributed by atoms with E-state index in [-0.39, 0.29) is 5.75 Å². The second-order valence-electron chi connectivity index (χ2n) is 2.05. The molecule has 1 aromatic rings. The molecule has 0 radical (unpaired) electrons. The predicted molar refractivity (Wildman–Crippen MR) is 40.6 cm³/mol. The van der Waals surface area contributed by atoms with Crippen molar-refractivity contribution in [2.24, 2.45) is 0 Å². The molecule has 0 bridgehead atoms. The third kappa shape index (κ3) is 1.53. The van der Waals surface area contributed by atoms with Crippen LogP contribution in [0.1, 0.15) is 5.56 Å². The standard InChI is InChI=1S/C9H8O/c1-2-4-8-5-3-6-9(10)7-8/h1,3,5-7,10H,4H2. The Kier molecular flexibility index (Phi) is 1.96. The van der Waals surface area contributed by atoms with E-state index in [4.69, 9.17) is 11.5 Å². The summed E-state index contributed by atoms with van der Waals surface area (Å²) in [6, 6.07) is 6.96. The highest BCUT2D eigenvalue weighted by molar-refractivity contribution is 5.29. The van der Waals surface area contributed by atoms with Gasteiger partial charge in [0.25, 0.3) is 0 Å². The van der Waals surface area contributed by atoms with Gasteiger partial charge in [-0.25, -0.2) is 0 Å². The molecule has 1 nitrogen and oxygen atoms in total. The topological polar surface area (TPSA) is 20.2 Å². The first-order valence-electron chi connectivity index (χ1n) is 3.04. The molecule has 10 heavy (non-hydrogen) atoms. The Bertz CT molecular complexity index is 258. The van der Waals surface area contributed by atoms with Crippen molar-refractivity contribution in [3.8, 4) is 18.1 Å². The van der Waals surface area contributed by atoms with Crippen LogP contribution in [0.3, 0.4) is 0 Å². The molecular formula is C9H8O. The summed E-state index contributed by atoms with van der Waals surface area (Å²) in [6.45, 7) is 0. The zero-order chi connectivity index (χ0) is 7.40. The monoisotopic (exact) mass is 132 g/mol. The molecule has 1 heteroatoms. The van der Waals surface area contributed by atoms with Gasteiger partial charge in [-0.3, -0.25) is 0 Å². The van der Waals surface area contributed by atoms with E-state index in [1.54, 1.807) is 18.2 Å². The van der Waals surface area contributed by atoms with Gasteiger partial charge in [0.1, 0.15) is 5.75 Å². The quantitative estimate of drug-likeness (QED) is 0.575. The molecule has 0 spiro atoms. The van der Waals surface area contributed by atoms with Crippen molar-refractivity contribution in [2.45, 2.75) is 6.42 Å². The lowest BCUT2D eigenvalue weighted by Gasteiger charge is -1.94. The SMILES string of the molecule is C#CCc1cccc(O)c1. The third-order valence-corrected chi connectivity index (χ3v) is 1.22. The van der Waals surface area contributed by atoms with Gasteiger partial charge in [-0.1, -0.05) is 12.1 Å². The van der Waals surface area contributed by atoms with Gasteiger partial charge in [0, 0.05) is 6.42 Å². The van der Waals surface area contributed by atoms with Crippen LogP contribution < -0.4 is 0 Å². The molecule has 1 aromatic carbocycles. The van der Waals surface area contributed by atoms with Gasteiger partial charge in [0.05, 0.1) is 0 Å². The van der Waals surface area contributed by atoms with E-state index >= 15 is 0 Å². The summed E-state index contributed by atoms with van der Waals surface area (Å²) in [5.41, 5.74) is 0.975. The largest absolute Gasteiger partial charge is 0.508 e. The van der Waals surface area contributed by atoms with Crippen molar-refractivity contribution in [3.63, 3.8) is 0 Å². The molecule has 0 amide bonds. The molecule has 50 valence electrons. The first-order chi connectivity index (χ1) is 4.83. The summed E-state index contributed by atoms with van der Waals surface area (Å²) in [4.78, 5) is 0. The number of terminal acetylenes is 1. The maximum atomic E-state index is 8.97. The molecule has 0 fully saturated rings. The highest BCUT2D eigenvalue weighted by Gasteiger charge is 1.89. The molecule has 0 aromatic heterocycles. The minimum absolute atomic E-state index is 0.271. The van der Waals surface area contributed by atoms with Crippen LogP contribution >= 0.6 is 0 Å². The Morgan fingerprint density at radius 2 is 2.30 bits per heavy atom. The normalized spacial score (nSPS) is 8.70. The van der Waals surface area contributed by atoms with Gasteiger partial charge >= 0.3 is 0 Å². The maximum Gasteiger partial charge on any atom is 0.115 e. The lowest BCUT2D eigenvalue weighted by Crippen LogP contribution is -1.78. The first-order valence-corrected chi connectivity index (χ1v) is 3.04. The van der Waals surface area contributed by atoms with E-state index in [1.807, 2.05) is 6.07 Å². The summed E-state index contributed by atoms with van der Waals surface area (Å²) in [5.74, 6) is 2.77. The number of aromatic hydroxyl groups is 1. The molecule has 0 aliphatic carbocycles. The number of hydrogen-bond acceptors (Lipinski definition) is 1. The number of benzene rings is 1. The summed E-state index contributed by atoms with van der Waals surface area (Å²) in [7, 11) is 0. The van der Waals surface area contributed by atoms with Crippen molar-refractivity contribution in [3.05, 3.63) is 29.8 Å². The smallest absolute Gasteiger partial charge is 0.115 e. The fourth-order valence-electron chi connectivity index (χ4n) is 0.784. The fraction of sp³-hybridized carbons (Fsp3) is 0.111. The van der Waals surface area contributed by atoms with Crippen molar-refractivity contribution < 1.29 is 5.11 Å². The van der Waals surface area contributed by atoms with E-state index in [0.717, 1.165) is 5.56 Å². The fourth-order valence-corrected chi connectivity index (χ4v) is 0.784. The van der Waals surface area contributed by atoms with Crippen LogP contribution in [0.5, 0.6) is 5.75 Å². The van der Waals surface area contributed by atoms with Crippen LogP contribution in [0, 0.1) is 12.3 Å². The number of phenolic OH excluding ortho intramolecular Hbond substituents is 1. The van der Waals surface area contributed by atoms with Crippen LogP contribution in [0.2, 0.25) is 0 Å². The van der Waals surface area contributed by atoms with Crippen molar-refractivity contribution in [1.29, 1.82) is 0 Å². The van der Waals surface area contributed by atoms with Gasteiger partial charge in [0.2, 0.25) is 0 Å². The molecule has 0 saturated carbocycles. The van der Waals surface area contributed by atoms with Crippen molar-refractivity contribution in [1.82, 2.24) is 0 Å². The van der Waals surface area contributed by atoms with Crippen LogP contribution in [-0.2, 0) is 6.42 Å². The average Bonchev–Trinajstić information content (AvgIpc) is 1.88. The van der Waals surface area contributed by atoms with E-state index in [2.05, 4.69) is 5.92 Å². The average molecular weight is 132 g/mol. The summed E-state index contributed by atoms with van der Waals surface area (Å²) >= 11 is 0. The Morgan fingerprint density at radius 3 is 2.90 bits per heavy atom. The summed E-state index contributed by atoms with van der Waals surface area (Å²) in [5, 5.41) is 8.97. The van der Waals surface area contributed by atoms with Crippen molar-refractivity contribution in [2.75, 3.05) is 0 Å². The number of hydrogen-bond donors (Lipinski definition) is 1. The molecule has 1 rings (SSSR count). The molecule has 0 heterocycles. The predicted octanol–water partition coefficient (Wildman–Crippen LogP) is 1.57. The minimum atomic E-state index is 0.271. The second kappa shape index (κ2) is 2.93. The number of rotatable bonds is 1. The maximum absolute atomic E-state index is 8.97. The first kappa shape index (κ1) is 6.70. The zero-order valence-electron chi connectivity index (χ0n) is 5.54. The van der Waals surface area contributed by atoms with Crippen molar-refractivity contribution >= 4 is 0 Å². The Morgan fingerprint density at radius 1 is 1.50 bits per heavy atom. The second-order valence-corrected chi connectivity index (χ2v) is 2.05. The lowest BCUT2D eigenvalue weighted by molar-refractivity contribution is 0.475. The molecule has 0 unspecified atom stereocenters. The van der Waals surface area contributed by atoms with Crippen LogP contribution in [0.25, 0.3) is 0 Å². The van der Waals surface area contributed by atoms with Gasteiger partial charge in [0.15, 0.2) is 0 Å². The van der Waals surface area contributed by atoms with Crippen LogP contribution in [0.4, 0.5) is 0 Å².